The number of aromatic nitrogens is 1. The Morgan fingerprint density at radius 3 is 2.50 bits per heavy atom. The molecule has 0 aliphatic rings. The highest BCUT2D eigenvalue weighted by Crippen LogP contribution is 2.26. The molecule has 0 spiro atoms. The van der Waals surface area contributed by atoms with Crippen LogP contribution in [0.4, 0.5) is 0 Å². The second-order valence-corrected chi connectivity index (χ2v) is 4.48. The normalized spacial score (nSPS) is 11.7. The smallest absolute Gasteiger partial charge is 0.0311 e. The topological polar surface area (TPSA) is 12.9 Å². The lowest BCUT2D eigenvalue weighted by Crippen LogP contribution is -2.13. The highest BCUT2D eigenvalue weighted by Gasteiger charge is 2.16. The van der Waals surface area contributed by atoms with E-state index in [0.29, 0.717) is 0 Å². The molecule has 0 amide bonds. The van der Waals surface area contributed by atoms with E-state index in [9.17, 15) is 0 Å². The summed E-state index contributed by atoms with van der Waals surface area (Å²) in [4.78, 5) is 4.10. The zero-order valence-electron chi connectivity index (χ0n) is 7.76. The average molecular weight is 228 g/mol. The van der Waals surface area contributed by atoms with Gasteiger partial charge in [0.05, 0.1) is 0 Å². The zero-order chi connectivity index (χ0) is 9.19. The van der Waals surface area contributed by atoms with Crippen LogP contribution in [-0.2, 0) is 10.7 Å². The predicted octanol–water partition coefficient (Wildman–Crippen LogP) is 3.27. The Hall–Kier alpha value is -0.370. The minimum absolute atomic E-state index is 0.214. The monoisotopic (exact) mass is 227 g/mol. The third-order valence-corrected chi connectivity index (χ3v) is 2.46. The minimum atomic E-state index is 0.214. The molecule has 0 radical (unpaired) electrons. The average Bonchev–Trinajstić information content (AvgIpc) is 2.03. The number of hydrogen-bond donors (Lipinski definition) is 0. The highest BCUT2D eigenvalue weighted by molar-refractivity contribution is 9.08. The molecular formula is C10H14BrN. The SMILES string of the molecule is CC(C)(C)c1ccncc1CBr. The van der Waals surface area contributed by atoms with Crippen LogP contribution in [0.5, 0.6) is 0 Å². The van der Waals surface area contributed by atoms with E-state index in [1.54, 1.807) is 0 Å². The Bertz CT molecular complexity index is 263. The zero-order valence-corrected chi connectivity index (χ0v) is 9.35. The van der Waals surface area contributed by atoms with Crippen LogP contribution in [0, 0.1) is 0 Å². The van der Waals surface area contributed by atoms with Gasteiger partial charge in [-0.15, -0.1) is 0 Å². The molecule has 0 aliphatic heterocycles. The number of nitrogens with zero attached hydrogens (tertiary/aromatic N) is 1. The predicted molar refractivity (Wildman–Crippen MR) is 55.6 cm³/mol. The molecule has 0 unspecified atom stereocenters. The summed E-state index contributed by atoms with van der Waals surface area (Å²) >= 11 is 3.46. The van der Waals surface area contributed by atoms with Gasteiger partial charge >= 0.3 is 0 Å². The molecule has 2 heteroatoms. The van der Waals surface area contributed by atoms with Gasteiger partial charge in [0.15, 0.2) is 0 Å². The molecule has 1 heterocycles. The minimum Gasteiger partial charge on any atom is -0.264 e. The van der Waals surface area contributed by atoms with E-state index in [0.717, 1.165) is 5.33 Å². The fourth-order valence-electron chi connectivity index (χ4n) is 1.27. The van der Waals surface area contributed by atoms with Crippen LogP contribution in [-0.4, -0.2) is 4.98 Å². The fourth-order valence-corrected chi connectivity index (χ4v) is 1.71. The Kier molecular flexibility index (Phi) is 2.89. The molecule has 66 valence electrons. The van der Waals surface area contributed by atoms with E-state index in [4.69, 9.17) is 0 Å². The third kappa shape index (κ3) is 2.07. The number of halogens is 1. The van der Waals surface area contributed by atoms with Gasteiger partial charge in [-0.1, -0.05) is 36.7 Å². The van der Waals surface area contributed by atoms with Crippen molar-refractivity contribution in [1.29, 1.82) is 0 Å². The first-order valence-corrected chi connectivity index (χ1v) is 5.17. The molecule has 1 aromatic heterocycles. The summed E-state index contributed by atoms with van der Waals surface area (Å²) < 4.78 is 0. The molecule has 1 rings (SSSR count). The fraction of sp³-hybridized carbons (Fsp3) is 0.500. The van der Waals surface area contributed by atoms with Crippen molar-refractivity contribution in [3.05, 3.63) is 29.6 Å². The molecule has 0 fully saturated rings. The maximum atomic E-state index is 4.10. The molecule has 0 aromatic carbocycles. The van der Waals surface area contributed by atoms with Crippen molar-refractivity contribution in [3.8, 4) is 0 Å². The lowest BCUT2D eigenvalue weighted by molar-refractivity contribution is 0.584. The second kappa shape index (κ2) is 3.56. The van der Waals surface area contributed by atoms with Gasteiger partial charge in [-0.05, 0) is 22.6 Å². The second-order valence-electron chi connectivity index (χ2n) is 3.92. The van der Waals surface area contributed by atoms with Gasteiger partial charge in [0.2, 0.25) is 0 Å². The Balaban J connectivity index is 3.14. The van der Waals surface area contributed by atoms with Crippen LogP contribution >= 0.6 is 15.9 Å². The quantitative estimate of drug-likeness (QED) is 0.672. The van der Waals surface area contributed by atoms with Crippen LogP contribution < -0.4 is 0 Å². The van der Waals surface area contributed by atoms with Crippen LogP contribution in [0.3, 0.4) is 0 Å². The number of alkyl halides is 1. The Morgan fingerprint density at radius 2 is 2.08 bits per heavy atom. The summed E-state index contributed by atoms with van der Waals surface area (Å²) in [6, 6.07) is 2.09. The van der Waals surface area contributed by atoms with E-state index in [-0.39, 0.29) is 5.41 Å². The number of pyridine rings is 1. The van der Waals surface area contributed by atoms with Crippen molar-refractivity contribution in [2.45, 2.75) is 31.5 Å². The van der Waals surface area contributed by atoms with Gasteiger partial charge in [0, 0.05) is 17.7 Å². The largest absolute Gasteiger partial charge is 0.264 e. The van der Waals surface area contributed by atoms with Gasteiger partial charge < -0.3 is 0 Å². The molecular weight excluding hydrogens is 214 g/mol. The molecule has 12 heavy (non-hydrogen) atoms. The van der Waals surface area contributed by atoms with Crippen molar-refractivity contribution in [2.24, 2.45) is 0 Å². The molecule has 1 nitrogen and oxygen atoms in total. The van der Waals surface area contributed by atoms with Gasteiger partial charge in [0.25, 0.3) is 0 Å². The number of hydrogen-bond acceptors (Lipinski definition) is 1. The maximum absolute atomic E-state index is 4.10. The van der Waals surface area contributed by atoms with Gasteiger partial charge in [-0.25, -0.2) is 0 Å². The molecule has 0 saturated heterocycles. The van der Waals surface area contributed by atoms with Crippen LogP contribution in [0.1, 0.15) is 31.9 Å². The summed E-state index contributed by atoms with van der Waals surface area (Å²) in [5, 5.41) is 0.882. The first-order valence-electron chi connectivity index (χ1n) is 4.05. The standard InChI is InChI=1S/C10H14BrN/c1-10(2,3)9-4-5-12-7-8(9)6-11/h4-5,7H,6H2,1-3H3. The summed E-state index contributed by atoms with van der Waals surface area (Å²) in [5.74, 6) is 0. The highest BCUT2D eigenvalue weighted by atomic mass is 79.9. The molecule has 0 saturated carbocycles. The third-order valence-electron chi connectivity index (χ3n) is 1.86. The molecule has 0 atom stereocenters. The lowest BCUT2D eigenvalue weighted by atomic mass is 9.85. The van der Waals surface area contributed by atoms with Gasteiger partial charge in [-0.3, -0.25) is 4.98 Å². The van der Waals surface area contributed by atoms with E-state index in [2.05, 4.69) is 47.8 Å². The van der Waals surface area contributed by atoms with Gasteiger partial charge in [0.1, 0.15) is 0 Å². The van der Waals surface area contributed by atoms with Gasteiger partial charge in [-0.2, -0.15) is 0 Å². The molecule has 0 N–H and O–H groups in total. The van der Waals surface area contributed by atoms with Crippen molar-refractivity contribution < 1.29 is 0 Å². The molecule has 0 bridgehead atoms. The van der Waals surface area contributed by atoms with E-state index in [1.165, 1.54) is 11.1 Å². The molecule has 1 aromatic rings. The van der Waals surface area contributed by atoms with E-state index < -0.39 is 0 Å². The summed E-state index contributed by atoms with van der Waals surface area (Å²) in [7, 11) is 0. The summed E-state index contributed by atoms with van der Waals surface area (Å²) in [5.41, 5.74) is 2.87. The van der Waals surface area contributed by atoms with Crippen molar-refractivity contribution in [1.82, 2.24) is 4.98 Å². The summed E-state index contributed by atoms with van der Waals surface area (Å²) in [6.45, 7) is 6.65. The van der Waals surface area contributed by atoms with Crippen LogP contribution in [0.15, 0.2) is 18.5 Å². The summed E-state index contributed by atoms with van der Waals surface area (Å²) in [6.07, 6.45) is 3.78. The lowest BCUT2D eigenvalue weighted by Gasteiger charge is -2.21. The Morgan fingerprint density at radius 1 is 1.42 bits per heavy atom. The maximum Gasteiger partial charge on any atom is 0.0311 e. The molecule has 0 aliphatic carbocycles. The van der Waals surface area contributed by atoms with Crippen LogP contribution in [0.2, 0.25) is 0 Å². The number of rotatable bonds is 1. The van der Waals surface area contributed by atoms with Crippen LogP contribution in [0.25, 0.3) is 0 Å². The van der Waals surface area contributed by atoms with E-state index >= 15 is 0 Å². The first kappa shape index (κ1) is 9.72. The van der Waals surface area contributed by atoms with E-state index in [1.807, 2.05) is 12.4 Å². The van der Waals surface area contributed by atoms with Crippen molar-refractivity contribution in [3.63, 3.8) is 0 Å². The first-order chi connectivity index (χ1) is 5.55. The van der Waals surface area contributed by atoms with Crippen molar-refractivity contribution >= 4 is 15.9 Å². The van der Waals surface area contributed by atoms with Crippen molar-refractivity contribution in [2.75, 3.05) is 0 Å². The Labute approximate surface area is 82.3 Å².